The summed E-state index contributed by atoms with van der Waals surface area (Å²) >= 11 is 3.79. The molecule has 3 nitrogen and oxygen atoms in total. The molecular weight excluding hydrogens is 387 g/mol. The van der Waals surface area contributed by atoms with Crippen LogP contribution in [0.1, 0.15) is 30.5 Å². The highest BCUT2D eigenvalue weighted by atomic mass is 32.1. The van der Waals surface area contributed by atoms with Gasteiger partial charge in [-0.1, -0.05) is 44.2 Å². The Bertz CT molecular complexity index is 774. The number of carboxylic acid groups (broad SMARTS) is 1. The van der Waals surface area contributed by atoms with Crippen LogP contribution in [-0.4, -0.2) is 29.9 Å². The van der Waals surface area contributed by atoms with E-state index < -0.39 is 23.8 Å². The lowest BCUT2D eigenvalue weighted by molar-refractivity contribution is -0.139. The van der Waals surface area contributed by atoms with Gasteiger partial charge in [-0.15, -0.1) is 0 Å². The van der Waals surface area contributed by atoms with Gasteiger partial charge in [0.15, 0.2) is 0 Å². The van der Waals surface area contributed by atoms with E-state index in [2.05, 4.69) is 31.8 Å². The first kappa shape index (κ1) is 24.0. The van der Waals surface area contributed by atoms with Crippen molar-refractivity contribution >= 4 is 18.6 Å². The number of rotatable bonds is 6. The van der Waals surface area contributed by atoms with Crippen LogP contribution in [0.4, 0.5) is 13.2 Å². The van der Waals surface area contributed by atoms with E-state index in [0.717, 1.165) is 24.5 Å². The molecule has 2 rings (SSSR count). The van der Waals surface area contributed by atoms with Crippen LogP contribution in [0.25, 0.3) is 11.1 Å². The maximum Gasteiger partial charge on any atom is 0.416 e. The van der Waals surface area contributed by atoms with Gasteiger partial charge in [0.1, 0.15) is 6.04 Å². The van der Waals surface area contributed by atoms with Crippen molar-refractivity contribution in [3.63, 3.8) is 0 Å². The molecule has 0 fully saturated rings. The number of benzene rings is 2. The van der Waals surface area contributed by atoms with Gasteiger partial charge in [-0.3, -0.25) is 4.79 Å². The fourth-order valence-electron chi connectivity index (χ4n) is 2.65. The zero-order chi connectivity index (χ0) is 21.3. The maximum atomic E-state index is 12.7. The molecule has 0 heterocycles. The fraction of sp³-hybridized carbons (Fsp3) is 0.381. The topological polar surface area (TPSA) is 49.3 Å². The second-order valence-corrected chi connectivity index (χ2v) is 6.50. The second kappa shape index (κ2) is 11.1. The van der Waals surface area contributed by atoms with Crippen molar-refractivity contribution in [2.75, 3.05) is 12.8 Å². The largest absolute Gasteiger partial charge is 0.480 e. The molecule has 0 bridgehead atoms. The zero-order valence-electron chi connectivity index (χ0n) is 16.2. The second-order valence-electron chi connectivity index (χ2n) is 6.13. The van der Waals surface area contributed by atoms with Gasteiger partial charge in [0.05, 0.1) is 5.56 Å². The molecule has 2 N–H and O–H groups in total. The van der Waals surface area contributed by atoms with Gasteiger partial charge in [-0.25, -0.2) is 0 Å². The van der Waals surface area contributed by atoms with Gasteiger partial charge in [-0.2, -0.15) is 25.8 Å². The van der Waals surface area contributed by atoms with Gasteiger partial charge in [-0.05, 0) is 54.3 Å². The minimum absolute atomic E-state index is 0.325. The van der Waals surface area contributed by atoms with Gasteiger partial charge in [0.2, 0.25) is 0 Å². The van der Waals surface area contributed by atoms with Crippen molar-refractivity contribution in [3.05, 3.63) is 59.2 Å². The number of carbonyl (C=O) groups is 1. The molecule has 28 heavy (non-hydrogen) atoms. The molecule has 0 unspecified atom stereocenters. The Morgan fingerprint density at radius 3 is 2.11 bits per heavy atom. The monoisotopic (exact) mass is 413 g/mol. The normalized spacial score (nSPS) is 12.1. The molecule has 0 amide bonds. The zero-order valence-corrected chi connectivity index (χ0v) is 17.1. The fourth-order valence-corrected chi connectivity index (χ4v) is 2.99. The molecule has 0 aliphatic heterocycles. The quantitative estimate of drug-likeness (QED) is 0.579. The summed E-state index contributed by atoms with van der Waals surface area (Å²) in [6.45, 7) is 4.14. The standard InChI is InChI=1S/C17H17F3.C4H9NO2S/c1-3-12-8-9-15(10-13(12)4-2)14-6-5-7-16(11-14)17(18,19)20;1-5-3(2-8)4(6)7/h5-11H,3-4H2,1-2H3;3,5,8H,2H2,1H3,(H,6,7)/t;3-/m.1/s1. The van der Waals surface area contributed by atoms with E-state index in [0.29, 0.717) is 11.3 Å². The first-order valence-electron chi connectivity index (χ1n) is 8.98. The number of alkyl halides is 3. The molecule has 0 saturated carbocycles. The van der Waals surface area contributed by atoms with Crippen molar-refractivity contribution in [3.8, 4) is 11.1 Å². The molecule has 0 aromatic heterocycles. The highest BCUT2D eigenvalue weighted by Gasteiger charge is 2.30. The third kappa shape index (κ3) is 6.87. The first-order valence-corrected chi connectivity index (χ1v) is 9.61. The molecule has 2 aromatic rings. The molecular formula is C21H26F3NO2S. The summed E-state index contributed by atoms with van der Waals surface area (Å²) in [6.07, 6.45) is -2.48. The van der Waals surface area contributed by atoms with Gasteiger partial charge in [0, 0.05) is 5.75 Å². The van der Waals surface area contributed by atoms with Gasteiger partial charge >= 0.3 is 12.1 Å². The molecule has 154 valence electrons. The minimum atomic E-state index is -4.30. The average molecular weight is 414 g/mol. The lowest BCUT2D eigenvalue weighted by Gasteiger charge is -2.11. The molecule has 1 atom stereocenters. The molecule has 2 aromatic carbocycles. The molecule has 0 spiro atoms. The van der Waals surface area contributed by atoms with Crippen LogP contribution < -0.4 is 5.32 Å². The van der Waals surface area contributed by atoms with E-state index in [1.54, 1.807) is 13.1 Å². The summed E-state index contributed by atoms with van der Waals surface area (Å²) in [5, 5.41) is 10.8. The summed E-state index contributed by atoms with van der Waals surface area (Å²) in [5.74, 6) is -0.534. The lowest BCUT2D eigenvalue weighted by Crippen LogP contribution is -2.35. The number of hydrogen-bond acceptors (Lipinski definition) is 3. The van der Waals surface area contributed by atoms with Crippen molar-refractivity contribution in [1.29, 1.82) is 0 Å². The molecule has 0 radical (unpaired) electrons. The Hall–Kier alpha value is -1.99. The highest BCUT2D eigenvalue weighted by molar-refractivity contribution is 7.80. The summed E-state index contributed by atoms with van der Waals surface area (Å²) < 4.78 is 38.2. The average Bonchev–Trinajstić information content (AvgIpc) is 2.68. The molecule has 0 saturated heterocycles. The highest BCUT2D eigenvalue weighted by Crippen LogP contribution is 2.32. The number of aliphatic carboxylic acids is 1. The van der Waals surface area contributed by atoms with Crippen LogP contribution in [0.15, 0.2) is 42.5 Å². The Kier molecular flexibility index (Phi) is 9.55. The number of carboxylic acids is 1. The van der Waals surface area contributed by atoms with Crippen LogP contribution in [0.3, 0.4) is 0 Å². The number of nitrogens with one attached hydrogen (secondary N) is 1. The van der Waals surface area contributed by atoms with E-state index in [-0.39, 0.29) is 0 Å². The summed E-state index contributed by atoms with van der Waals surface area (Å²) in [6, 6.07) is 10.9. The van der Waals surface area contributed by atoms with E-state index in [1.807, 2.05) is 18.2 Å². The lowest BCUT2D eigenvalue weighted by atomic mass is 9.96. The number of hydrogen-bond donors (Lipinski definition) is 3. The van der Waals surface area contributed by atoms with Crippen LogP contribution in [0.5, 0.6) is 0 Å². The maximum absolute atomic E-state index is 12.7. The molecule has 0 aliphatic rings. The van der Waals surface area contributed by atoms with Crippen molar-refractivity contribution < 1.29 is 23.1 Å². The number of aryl methyl sites for hydroxylation is 2. The predicted molar refractivity (Wildman–Crippen MR) is 110 cm³/mol. The Labute approximate surface area is 169 Å². The number of thiol groups is 1. The molecule has 7 heteroatoms. The van der Waals surface area contributed by atoms with Crippen LogP contribution >= 0.6 is 12.6 Å². The minimum Gasteiger partial charge on any atom is -0.480 e. The van der Waals surface area contributed by atoms with Crippen molar-refractivity contribution in [1.82, 2.24) is 5.32 Å². The van der Waals surface area contributed by atoms with Crippen LogP contribution in [-0.2, 0) is 23.8 Å². The third-order valence-electron chi connectivity index (χ3n) is 4.32. The van der Waals surface area contributed by atoms with Gasteiger partial charge in [0.25, 0.3) is 0 Å². The summed E-state index contributed by atoms with van der Waals surface area (Å²) in [7, 11) is 1.59. The molecule has 0 aliphatic carbocycles. The predicted octanol–water partition coefficient (Wildman–Crippen LogP) is 5.09. The Morgan fingerprint density at radius 2 is 1.68 bits per heavy atom. The Morgan fingerprint density at radius 1 is 1.07 bits per heavy atom. The van der Waals surface area contributed by atoms with E-state index in [9.17, 15) is 18.0 Å². The van der Waals surface area contributed by atoms with E-state index >= 15 is 0 Å². The first-order chi connectivity index (χ1) is 13.2. The van der Waals surface area contributed by atoms with Crippen LogP contribution in [0.2, 0.25) is 0 Å². The van der Waals surface area contributed by atoms with Gasteiger partial charge < -0.3 is 10.4 Å². The number of halogens is 3. The van der Waals surface area contributed by atoms with E-state index in [1.165, 1.54) is 23.3 Å². The SMILES string of the molecule is CCc1ccc(-c2cccc(C(F)(F)F)c2)cc1CC.CN[C@H](CS)C(=O)O. The van der Waals surface area contributed by atoms with Crippen molar-refractivity contribution in [2.45, 2.75) is 38.9 Å². The van der Waals surface area contributed by atoms with E-state index in [4.69, 9.17) is 5.11 Å². The Balaban J connectivity index is 0.000000416. The summed E-state index contributed by atoms with van der Waals surface area (Å²) in [5.41, 5.74) is 3.29. The summed E-state index contributed by atoms with van der Waals surface area (Å²) in [4.78, 5) is 10.1. The smallest absolute Gasteiger partial charge is 0.416 e. The van der Waals surface area contributed by atoms with Crippen LogP contribution in [0, 0.1) is 0 Å². The van der Waals surface area contributed by atoms with Crippen molar-refractivity contribution in [2.24, 2.45) is 0 Å². The number of likely N-dealkylation sites (N-methyl/N-ethyl adjacent to an activating group) is 1. The third-order valence-corrected chi connectivity index (χ3v) is 4.69.